The highest BCUT2D eigenvalue weighted by atomic mass is 127. The van der Waals surface area contributed by atoms with E-state index in [4.69, 9.17) is 28.3 Å². The van der Waals surface area contributed by atoms with Gasteiger partial charge in [0, 0.05) is 14.1 Å². The van der Waals surface area contributed by atoms with Crippen LogP contribution in [0.4, 0.5) is 0 Å². The maximum Gasteiger partial charge on any atom is 0.323 e. The summed E-state index contributed by atoms with van der Waals surface area (Å²) in [5.74, 6) is -1.48. The van der Waals surface area contributed by atoms with Gasteiger partial charge in [0.15, 0.2) is 0 Å². The molecule has 7 heteroatoms. The molecule has 0 fully saturated rings. The largest absolute Gasteiger partial charge is 0.480 e. The fourth-order valence-electron chi connectivity index (χ4n) is 1.61. The van der Waals surface area contributed by atoms with E-state index in [1.165, 1.54) is 11.0 Å². The number of halogens is 3. The molecule has 0 radical (unpaired) electrons. The van der Waals surface area contributed by atoms with Crippen molar-refractivity contribution in [2.45, 2.75) is 26.3 Å². The number of hydrogen-bond donors (Lipinski definition) is 1. The van der Waals surface area contributed by atoms with Gasteiger partial charge in [-0.15, -0.1) is 0 Å². The van der Waals surface area contributed by atoms with Gasteiger partial charge in [-0.1, -0.05) is 23.2 Å². The fraction of sp³-hybridized carbons (Fsp3) is 0.385. The number of nitrogens with zero attached hydrogens (tertiary/aromatic N) is 1. The lowest BCUT2D eigenvalue weighted by Gasteiger charge is -2.34. The number of amides is 1. The van der Waals surface area contributed by atoms with Crippen LogP contribution in [0.25, 0.3) is 0 Å². The van der Waals surface area contributed by atoms with Crippen LogP contribution in [0, 0.1) is 3.57 Å². The topological polar surface area (TPSA) is 57.6 Å². The van der Waals surface area contributed by atoms with Crippen molar-refractivity contribution in [3.05, 3.63) is 31.3 Å². The first-order chi connectivity index (χ1) is 9.04. The van der Waals surface area contributed by atoms with Gasteiger partial charge < -0.3 is 10.0 Å². The Balaban J connectivity index is 3.29. The minimum Gasteiger partial charge on any atom is -0.480 e. The summed E-state index contributed by atoms with van der Waals surface area (Å²) in [7, 11) is 0. The molecule has 0 aliphatic heterocycles. The number of carbonyl (C=O) groups is 2. The molecule has 1 aromatic rings. The Morgan fingerprint density at radius 2 is 1.85 bits per heavy atom. The molecular weight excluding hydrogens is 416 g/mol. The molecule has 1 N–H and O–H groups in total. The van der Waals surface area contributed by atoms with E-state index in [0.717, 1.165) is 0 Å². The van der Waals surface area contributed by atoms with Crippen LogP contribution in [0.2, 0.25) is 10.0 Å². The lowest BCUT2D eigenvalue weighted by Crippen LogP contribution is -2.48. The average Bonchev–Trinajstić information content (AvgIpc) is 2.28. The van der Waals surface area contributed by atoms with Gasteiger partial charge in [-0.3, -0.25) is 9.59 Å². The number of carboxylic acid groups (broad SMARTS) is 1. The van der Waals surface area contributed by atoms with Crippen LogP contribution in [0.5, 0.6) is 0 Å². The first kappa shape index (κ1) is 17.5. The van der Waals surface area contributed by atoms with E-state index < -0.39 is 17.4 Å². The second-order valence-corrected chi connectivity index (χ2v) is 7.13. The number of carboxylic acids is 1. The maximum atomic E-state index is 12.6. The van der Waals surface area contributed by atoms with E-state index in [-0.39, 0.29) is 6.54 Å². The third kappa shape index (κ3) is 4.23. The van der Waals surface area contributed by atoms with Crippen molar-refractivity contribution in [3.8, 4) is 0 Å². The molecule has 0 bridgehead atoms. The van der Waals surface area contributed by atoms with Gasteiger partial charge in [0.1, 0.15) is 6.54 Å². The van der Waals surface area contributed by atoms with Crippen LogP contribution in [0.3, 0.4) is 0 Å². The Morgan fingerprint density at radius 1 is 1.30 bits per heavy atom. The smallest absolute Gasteiger partial charge is 0.323 e. The Kier molecular flexibility index (Phi) is 5.69. The molecule has 0 saturated carbocycles. The number of hydrogen-bond acceptors (Lipinski definition) is 2. The third-order valence-corrected chi connectivity index (χ3v) is 4.57. The SMILES string of the molecule is CC(C)(C)N(CC(=O)O)C(=O)c1cc(Cl)cc(Cl)c1I. The molecule has 0 saturated heterocycles. The fourth-order valence-corrected chi connectivity index (χ4v) is 2.64. The van der Waals surface area contributed by atoms with Crippen molar-refractivity contribution in [2.24, 2.45) is 0 Å². The van der Waals surface area contributed by atoms with Crippen molar-refractivity contribution >= 4 is 57.7 Å². The van der Waals surface area contributed by atoms with Crippen LogP contribution in [0.1, 0.15) is 31.1 Å². The Morgan fingerprint density at radius 3 is 2.30 bits per heavy atom. The molecule has 110 valence electrons. The molecule has 1 rings (SSSR count). The molecule has 0 unspecified atom stereocenters. The molecule has 20 heavy (non-hydrogen) atoms. The first-order valence-corrected chi connectivity index (χ1v) is 7.56. The van der Waals surface area contributed by atoms with E-state index in [1.54, 1.807) is 26.8 Å². The third-order valence-electron chi connectivity index (χ3n) is 2.57. The highest BCUT2D eigenvalue weighted by molar-refractivity contribution is 14.1. The summed E-state index contributed by atoms with van der Waals surface area (Å²) in [6.45, 7) is 4.93. The zero-order valence-electron chi connectivity index (χ0n) is 11.2. The predicted octanol–water partition coefficient (Wildman–Crippen LogP) is 3.92. The van der Waals surface area contributed by atoms with Gasteiger partial charge in [-0.25, -0.2) is 0 Å². The van der Waals surface area contributed by atoms with E-state index >= 15 is 0 Å². The highest BCUT2D eigenvalue weighted by Gasteiger charge is 2.30. The lowest BCUT2D eigenvalue weighted by atomic mass is 10.0. The number of aliphatic carboxylic acids is 1. The summed E-state index contributed by atoms with van der Waals surface area (Å²) in [5, 5.41) is 9.68. The van der Waals surface area contributed by atoms with Crippen molar-refractivity contribution in [3.63, 3.8) is 0 Å². The van der Waals surface area contributed by atoms with Gasteiger partial charge in [0.05, 0.1) is 10.6 Å². The van der Waals surface area contributed by atoms with Crippen LogP contribution >= 0.6 is 45.8 Å². The molecule has 0 aliphatic carbocycles. The monoisotopic (exact) mass is 429 g/mol. The van der Waals surface area contributed by atoms with E-state index in [1.807, 2.05) is 22.6 Å². The van der Waals surface area contributed by atoms with Crippen LogP contribution in [-0.4, -0.2) is 34.0 Å². The van der Waals surface area contributed by atoms with Gasteiger partial charge in [-0.05, 0) is 55.5 Å². The molecule has 1 aromatic carbocycles. The van der Waals surface area contributed by atoms with Crippen LogP contribution in [0.15, 0.2) is 12.1 Å². The van der Waals surface area contributed by atoms with E-state index in [0.29, 0.717) is 19.2 Å². The Hall–Kier alpha value is -0.530. The molecule has 1 amide bonds. The standard InChI is InChI=1S/C13H14Cl2INO3/c1-13(2,3)17(6-10(18)19)12(20)8-4-7(14)5-9(15)11(8)16/h4-5H,6H2,1-3H3,(H,18,19). The number of carbonyl (C=O) groups excluding carboxylic acids is 1. The van der Waals surface area contributed by atoms with Crippen LogP contribution in [-0.2, 0) is 4.79 Å². The molecular formula is C13H14Cl2INO3. The maximum absolute atomic E-state index is 12.6. The predicted molar refractivity (Wildman–Crippen MR) is 87.6 cm³/mol. The quantitative estimate of drug-likeness (QED) is 0.585. The highest BCUT2D eigenvalue weighted by Crippen LogP contribution is 2.29. The van der Waals surface area contributed by atoms with Gasteiger partial charge in [0.2, 0.25) is 0 Å². The molecule has 0 atom stereocenters. The molecule has 0 aromatic heterocycles. The van der Waals surface area contributed by atoms with Crippen molar-refractivity contribution < 1.29 is 14.7 Å². The first-order valence-electron chi connectivity index (χ1n) is 5.72. The minimum absolute atomic E-state index is 0.305. The summed E-state index contributed by atoms with van der Waals surface area (Å²) in [6.07, 6.45) is 0. The zero-order chi connectivity index (χ0) is 15.7. The molecule has 0 spiro atoms. The van der Waals surface area contributed by atoms with Crippen molar-refractivity contribution in [1.82, 2.24) is 4.90 Å². The molecule has 0 aliphatic rings. The van der Waals surface area contributed by atoms with Crippen LogP contribution < -0.4 is 0 Å². The van der Waals surface area contributed by atoms with Crippen molar-refractivity contribution in [2.75, 3.05) is 6.54 Å². The number of rotatable bonds is 3. The number of benzene rings is 1. The Labute approximate surface area is 141 Å². The summed E-state index contributed by atoms with van der Waals surface area (Å²) >= 11 is 13.9. The molecule has 0 heterocycles. The van der Waals surface area contributed by atoms with Gasteiger partial charge in [-0.2, -0.15) is 0 Å². The Bertz CT molecular complexity index is 555. The second kappa shape index (κ2) is 6.49. The summed E-state index contributed by atoms with van der Waals surface area (Å²) in [6, 6.07) is 3.04. The summed E-state index contributed by atoms with van der Waals surface area (Å²) < 4.78 is 0.554. The van der Waals surface area contributed by atoms with Gasteiger partial charge >= 0.3 is 5.97 Å². The van der Waals surface area contributed by atoms with E-state index in [2.05, 4.69) is 0 Å². The lowest BCUT2D eigenvalue weighted by molar-refractivity contribution is -0.138. The normalized spacial score (nSPS) is 11.3. The second-order valence-electron chi connectivity index (χ2n) is 5.21. The minimum atomic E-state index is -1.07. The van der Waals surface area contributed by atoms with E-state index in [9.17, 15) is 9.59 Å². The summed E-state index contributed by atoms with van der Waals surface area (Å²) in [4.78, 5) is 24.8. The molecule has 4 nitrogen and oxygen atoms in total. The zero-order valence-corrected chi connectivity index (χ0v) is 14.9. The average molecular weight is 430 g/mol. The van der Waals surface area contributed by atoms with Gasteiger partial charge in [0.25, 0.3) is 5.91 Å². The summed E-state index contributed by atoms with van der Waals surface area (Å²) in [5.41, 5.74) is -0.327. The van der Waals surface area contributed by atoms with Crippen molar-refractivity contribution in [1.29, 1.82) is 0 Å².